The van der Waals surface area contributed by atoms with E-state index in [2.05, 4.69) is 37.8 Å². The molecule has 2 heterocycles. The van der Waals surface area contributed by atoms with Gasteiger partial charge in [-0.15, -0.1) is 0 Å². The topological polar surface area (TPSA) is 99.2 Å². The predicted octanol–water partition coefficient (Wildman–Crippen LogP) is 4.80. The summed E-state index contributed by atoms with van der Waals surface area (Å²) in [7, 11) is 3.87. The summed E-state index contributed by atoms with van der Waals surface area (Å²) >= 11 is 0. The highest BCUT2D eigenvalue weighted by atomic mass is 16.2. The Morgan fingerprint density at radius 1 is 0.850 bits per heavy atom. The van der Waals surface area contributed by atoms with Crippen LogP contribution in [0, 0.1) is 11.8 Å². The molecule has 0 aliphatic carbocycles. The summed E-state index contributed by atoms with van der Waals surface area (Å²) in [5, 5.41) is 8.69. The van der Waals surface area contributed by atoms with E-state index in [4.69, 9.17) is 0 Å². The number of urea groups is 1. The first kappa shape index (κ1) is 28.0. The first-order chi connectivity index (χ1) is 19.5. The van der Waals surface area contributed by atoms with Gasteiger partial charge < -0.3 is 20.9 Å². The van der Waals surface area contributed by atoms with Crippen molar-refractivity contribution in [1.29, 1.82) is 0 Å². The van der Waals surface area contributed by atoms with Gasteiger partial charge in [0.2, 0.25) is 5.91 Å². The zero-order valence-corrected chi connectivity index (χ0v) is 22.6. The highest BCUT2D eigenvalue weighted by Crippen LogP contribution is 2.26. The van der Waals surface area contributed by atoms with Crippen molar-refractivity contribution in [2.75, 3.05) is 37.8 Å². The Balaban J connectivity index is 1.46. The largest absolute Gasteiger partial charge is 0.338 e. The first-order valence-electron chi connectivity index (χ1n) is 13.0. The smallest absolute Gasteiger partial charge is 0.319 e. The second kappa shape index (κ2) is 14.2. The molecule has 202 valence electrons. The highest BCUT2D eigenvalue weighted by Gasteiger charge is 2.08. The summed E-state index contributed by atoms with van der Waals surface area (Å²) in [5.74, 6) is 6.44. The van der Waals surface area contributed by atoms with Gasteiger partial charge in [-0.2, -0.15) is 0 Å². The molecule has 0 spiro atoms. The quantitative estimate of drug-likeness (QED) is 0.269. The molecule has 40 heavy (non-hydrogen) atoms. The van der Waals surface area contributed by atoms with Crippen LogP contribution < -0.4 is 16.0 Å². The Morgan fingerprint density at radius 2 is 1.62 bits per heavy atom. The minimum absolute atomic E-state index is 0.0278. The van der Waals surface area contributed by atoms with E-state index in [1.54, 1.807) is 24.8 Å². The van der Waals surface area contributed by atoms with Crippen LogP contribution in [0.2, 0.25) is 0 Å². The summed E-state index contributed by atoms with van der Waals surface area (Å²) in [5.41, 5.74) is 5.90. The van der Waals surface area contributed by atoms with Crippen molar-refractivity contribution in [2.45, 2.75) is 12.8 Å². The van der Waals surface area contributed by atoms with Gasteiger partial charge >= 0.3 is 6.03 Å². The van der Waals surface area contributed by atoms with Gasteiger partial charge in [-0.1, -0.05) is 24.0 Å². The monoisotopic (exact) mass is 532 g/mol. The first-order valence-corrected chi connectivity index (χ1v) is 13.0. The minimum Gasteiger partial charge on any atom is -0.338 e. The molecule has 0 bridgehead atoms. The normalized spacial score (nSPS) is 10.4. The summed E-state index contributed by atoms with van der Waals surface area (Å²) < 4.78 is 0. The van der Waals surface area contributed by atoms with Crippen molar-refractivity contribution < 1.29 is 9.59 Å². The van der Waals surface area contributed by atoms with E-state index in [1.807, 2.05) is 85.7 Å². The lowest BCUT2D eigenvalue weighted by Gasteiger charge is -2.11. The molecule has 8 heteroatoms. The molecule has 4 rings (SSSR count). The van der Waals surface area contributed by atoms with Gasteiger partial charge in [-0.05, 0) is 91.8 Å². The van der Waals surface area contributed by atoms with E-state index in [1.165, 1.54) is 0 Å². The maximum absolute atomic E-state index is 12.5. The van der Waals surface area contributed by atoms with Gasteiger partial charge in [0.15, 0.2) is 0 Å². The predicted molar refractivity (Wildman–Crippen MR) is 159 cm³/mol. The number of nitrogens with zero attached hydrogens (tertiary/aromatic N) is 3. The van der Waals surface area contributed by atoms with Crippen LogP contribution >= 0.6 is 0 Å². The van der Waals surface area contributed by atoms with Crippen molar-refractivity contribution in [3.05, 3.63) is 108 Å². The SMILES string of the molecule is CN(C)CCC(=O)Nc1ccc(C#Cc2cc(NC(=O)NCCc3cccnc3)ccc2-c2ccncc2)cc1. The summed E-state index contributed by atoms with van der Waals surface area (Å²) in [6.07, 6.45) is 8.11. The minimum atomic E-state index is -0.289. The molecule has 0 radical (unpaired) electrons. The third-order valence-corrected chi connectivity index (χ3v) is 5.99. The van der Waals surface area contributed by atoms with Crippen molar-refractivity contribution in [1.82, 2.24) is 20.2 Å². The second-order valence-electron chi connectivity index (χ2n) is 9.42. The zero-order chi connectivity index (χ0) is 28.2. The van der Waals surface area contributed by atoms with Crippen LogP contribution in [0.25, 0.3) is 11.1 Å². The molecule has 0 aliphatic heterocycles. The molecular weight excluding hydrogens is 500 g/mol. The molecule has 3 N–H and O–H groups in total. The number of hydrogen-bond donors (Lipinski definition) is 3. The van der Waals surface area contributed by atoms with E-state index in [9.17, 15) is 9.59 Å². The summed E-state index contributed by atoms with van der Waals surface area (Å²) in [6, 6.07) is 20.5. The van der Waals surface area contributed by atoms with Crippen LogP contribution in [0.1, 0.15) is 23.1 Å². The Bertz CT molecular complexity index is 1480. The number of anilines is 2. The van der Waals surface area contributed by atoms with Crippen LogP contribution in [-0.4, -0.2) is 54.0 Å². The van der Waals surface area contributed by atoms with E-state index in [0.29, 0.717) is 31.6 Å². The molecule has 0 aliphatic rings. The van der Waals surface area contributed by atoms with Crippen LogP contribution in [-0.2, 0) is 11.2 Å². The number of pyridine rings is 2. The number of amides is 3. The van der Waals surface area contributed by atoms with E-state index >= 15 is 0 Å². The average Bonchev–Trinajstić information content (AvgIpc) is 2.97. The molecule has 3 amide bonds. The summed E-state index contributed by atoms with van der Waals surface area (Å²) in [4.78, 5) is 34.8. The van der Waals surface area contributed by atoms with Crippen LogP contribution in [0.4, 0.5) is 16.2 Å². The van der Waals surface area contributed by atoms with Gasteiger partial charge in [0.25, 0.3) is 0 Å². The molecule has 8 nitrogen and oxygen atoms in total. The second-order valence-corrected chi connectivity index (χ2v) is 9.42. The number of carbonyl (C=O) groups is 2. The van der Waals surface area contributed by atoms with Crippen molar-refractivity contribution in [3.8, 4) is 23.0 Å². The Labute approximate surface area is 234 Å². The lowest BCUT2D eigenvalue weighted by molar-refractivity contribution is -0.116. The standard InChI is InChI=1S/C32H32N6O2/c1-38(2)21-16-31(39)36-28-9-6-24(7-10-28)5-8-27-22-29(11-12-30(27)26-14-18-33-19-15-26)37-32(40)35-20-13-25-4-3-17-34-23-25/h3-4,6-7,9-12,14-15,17-19,22-23H,13,16,20-21H2,1-2H3,(H,36,39)(H2,35,37,40). The maximum Gasteiger partial charge on any atom is 0.319 e. The number of benzene rings is 2. The fourth-order valence-electron chi connectivity index (χ4n) is 3.88. The third kappa shape index (κ3) is 8.79. The molecule has 0 atom stereocenters. The van der Waals surface area contributed by atoms with Crippen LogP contribution in [0.3, 0.4) is 0 Å². The molecule has 4 aromatic rings. The number of hydrogen-bond acceptors (Lipinski definition) is 5. The van der Waals surface area contributed by atoms with Crippen molar-refractivity contribution in [2.24, 2.45) is 0 Å². The van der Waals surface area contributed by atoms with Crippen molar-refractivity contribution in [3.63, 3.8) is 0 Å². The number of aromatic nitrogens is 2. The summed E-state index contributed by atoms with van der Waals surface area (Å²) in [6.45, 7) is 1.18. The lowest BCUT2D eigenvalue weighted by atomic mass is 10.00. The molecule has 0 unspecified atom stereocenters. The molecule has 2 aromatic carbocycles. The highest BCUT2D eigenvalue weighted by molar-refractivity contribution is 5.91. The fraction of sp³-hybridized carbons (Fsp3) is 0.188. The average molecular weight is 533 g/mol. The molecule has 0 saturated carbocycles. The Kier molecular flexibility index (Phi) is 9.97. The molecule has 2 aromatic heterocycles. The van der Waals surface area contributed by atoms with Gasteiger partial charge in [0, 0.05) is 66.8 Å². The number of carbonyl (C=O) groups excluding carboxylic acids is 2. The number of rotatable bonds is 9. The zero-order valence-electron chi connectivity index (χ0n) is 22.6. The number of nitrogens with one attached hydrogen (secondary N) is 3. The van der Waals surface area contributed by atoms with E-state index in [0.717, 1.165) is 33.5 Å². The fourth-order valence-corrected chi connectivity index (χ4v) is 3.88. The third-order valence-electron chi connectivity index (χ3n) is 5.99. The van der Waals surface area contributed by atoms with Crippen molar-refractivity contribution >= 4 is 23.3 Å². The Morgan fingerprint density at radius 3 is 2.35 bits per heavy atom. The molecule has 0 fully saturated rings. The van der Waals surface area contributed by atoms with Gasteiger partial charge in [0.1, 0.15) is 0 Å². The van der Waals surface area contributed by atoms with E-state index in [-0.39, 0.29) is 11.9 Å². The molecule has 0 saturated heterocycles. The van der Waals surface area contributed by atoms with Gasteiger partial charge in [0.05, 0.1) is 0 Å². The van der Waals surface area contributed by atoms with Crippen LogP contribution in [0.5, 0.6) is 0 Å². The van der Waals surface area contributed by atoms with E-state index < -0.39 is 0 Å². The molecular formula is C32H32N6O2. The van der Waals surface area contributed by atoms with Gasteiger partial charge in [-0.25, -0.2) is 4.79 Å². The maximum atomic E-state index is 12.5. The van der Waals surface area contributed by atoms with Crippen LogP contribution in [0.15, 0.2) is 91.5 Å². The van der Waals surface area contributed by atoms with Gasteiger partial charge in [-0.3, -0.25) is 14.8 Å². The lowest BCUT2D eigenvalue weighted by Crippen LogP contribution is -2.30. The Hall–Kier alpha value is -5.00.